The van der Waals surface area contributed by atoms with E-state index in [1.807, 2.05) is 4.90 Å². The summed E-state index contributed by atoms with van der Waals surface area (Å²) in [6, 6.07) is 0. The van der Waals surface area contributed by atoms with Crippen molar-refractivity contribution in [1.82, 2.24) is 9.97 Å². The van der Waals surface area contributed by atoms with Crippen molar-refractivity contribution >= 4 is 11.8 Å². The quantitative estimate of drug-likeness (QED) is 0.543. The third-order valence-corrected chi connectivity index (χ3v) is 4.57. The van der Waals surface area contributed by atoms with E-state index in [-0.39, 0.29) is 17.6 Å². The van der Waals surface area contributed by atoms with Gasteiger partial charge in [0.1, 0.15) is 5.82 Å². The van der Waals surface area contributed by atoms with Crippen molar-refractivity contribution in [1.29, 1.82) is 0 Å². The van der Waals surface area contributed by atoms with E-state index in [1.165, 1.54) is 13.1 Å². The van der Waals surface area contributed by atoms with Gasteiger partial charge in [-0.1, -0.05) is 0 Å². The molecule has 0 radical (unpaired) electrons. The number of hydrogen-bond donors (Lipinski definition) is 0. The van der Waals surface area contributed by atoms with Crippen LogP contribution in [0.5, 0.6) is 0 Å². The third kappa shape index (κ3) is 5.26. The highest BCUT2D eigenvalue weighted by atomic mass is 19.4. The summed E-state index contributed by atoms with van der Waals surface area (Å²) in [6.45, 7) is 4.57. The first-order valence-electron chi connectivity index (χ1n) is 8.73. The van der Waals surface area contributed by atoms with Crippen molar-refractivity contribution < 1.29 is 31.5 Å². The van der Waals surface area contributed by atoms with Crippen molar-refractivity contribution in [3.05, 3.63) is 17.6 Å². The summed E-state index contributed by atoms with van der Waals surface area (Å²) >= 11 is 0. The van der Waals surface area contributed by atoms with Crippen LogP contribution in [-0.2, 0) is 16.0 Å². The minimum atomic E-state index is -5.58. The zero-order chi connectivity index (χ0) is 20.2. The maximum absolute atomic E-state index is 13.2. The number of hydrogen-bond acceptors (Lipinski definition) is 5. The number of carbonyl (C=O) groups excluding carboxylic acids is 1. The molecule has 1 aromatic rings. The van der Waals surface area contributed by atoms with Crippen LogP contribution in [-0.4, -0.2) is 47.7 Å². The normalized spacial score (nSPS) is 16.5. The van der Waals surface area contributed by atoms with Crippen LogP contribution in [0.2, 0.25) is 0 Å². The Bertz CT molecular complexity index is 658. The number of alkyl halides is 5. The van der Waals surface area contributed by atoms with Gasteiger partial charge in [-0.25, -0.2) is 4.98 Å². The number of nitrogens with zero attached hydrogens (tertiary/aromatic N) is 3. The number of carbonyl (C=O) groups is 1. The van der Waals surface area contributed by atoms with Gasteiger partial charge in [-0.2, -0.15) is 22.0 Å². The van der Waals surface area contributed by atoms with E-state index < -0.39 is 24.9 Å². The molecule has 2 rings (SSSR count). The van der Waals surface area contributed by atoms with E-state index in [9.17, 15) is 26.7 Å². The molecule has 27 heavy (non-hydrogen) atoms. The lowest BCUT2D eigenvalue weighted by Gasteiger charge is -2.31. The van der Waals surface area contributed by atoms with Gasteiger partial charge in [0.05, 0.1) is 30.1 Å². The Labute approximate surface area is 153 Å². The van der Waals surface area contributed by atoms with Crippen LogP contribution in [0, 0.1) is 12.8 Å². The summed E-state index contributed by atoms with van der Waals surface area (Å²) in [5.74, 6) is -4.81. The second-order valence-electron chi connectivity index (χ2n) is 6.48. The Morgan fingerprint density at radius 1 is 1.26 bits per heavy atom. The van der Waals surface area contributed by atoms with Gasteiger partial charge in [0, 0.05) is 19.5 Å². The fourth-order valence-corrected chi connectivity index (χ4v) is 2.89. The molecule has 10 heteroatoms. The Morgan fingerprint density at radius 3 is 2.44 bits per heavy atom. The van der Waals surface area contributed by atoms with Gasteiger partial charge >= 0.3 is 18.1 Å². The fraction of sp³-hybridized carbons (Fsp3) is 0.706. The molecular weight excluding hydrogens is 373 g/mol. The van der Waals surface area contributed by atoms with Crippen LogP contribution in [0.25, 0.3) is 0 Å². The van der Waals surface area contributed by atoms with Crippen LogP contribution in [0.4, 0.5) is 27.8 Å². The van der Waals surface area contributed by atoms with E-state index in [0.29, 0.717) is 44.0 Å². The maximum Gasteiger partial charge on any atom is 0.453 e. The van der Waals surface area contributed by atoms with Gasteiger partial charge in [0.15, 0.2) is 0 Å². The lowest BCUT2D eigenvalue weighted by molar-refractivity contribution is -0.284. The monoisotopic (exact) mass is 395 g/mol. The van der Waals surface area contributed by atoms with E-state index in [0.717, 1.165) is 0 Å². The van der Waals surface area contributed by atoms with E-state index in [4.69, 9.17) is 4.74 Å². The minimum absolute atomic E-state index is 0.115. The number of ether oxygens (including phenoxy) is 1. The predicted molar refractivity (Wildman–Crippen MR) is 87.7 cm³/mol. The van der Waals surface area contributed by atoms with E-state index in [2.05, 4.69) is 9.97 Å². The van der Waals surface area contributed by atoms with Crippen molar-refractivity contribution in [2.24, 2.45) is 5.92 Å². The van der Waals surface area contributed by atoms with Gasteiger partial charge < -0.3 is 9.64 Å². The van der Waals surface area contributed by atoms with Crippen LogP contribution in [0.3, 0.4) is 0 Å². The first-order valence-corrected chi connectivity index (χ1v) is 8.73. The van der Waals surface area contributed by atoms with E-state index in [1.54, 1.807) is 6.92 Å². The summed E-state index contributed by atoms with van der Waals surface area (Å²) < 4.78 is 68.3. The first kappa shape index (κ1) is 21.3. The first-order chi connectivity index (χ1) is 12.5. The number of aryl methyl sites for hydroxylation is 2. The smallest absolute Gasteiger partial charge is 0.453 e. The van der Waals surface area contributed by atoms with E-state index >= 15 is 0 Å². The predicted octanol–water partition coefficient (Wildman–Crippen LogP) is 3.69. The van der Waals surface area contributed by atoms with Gasteiger partial charge in [-0.15, -0.1) is 0 Å². The molecule has 0 aliphatic carbocycles. The molecular formula is C17H22F5N3O2. The van der Waals surface area contributed by atoms with Gasteiger partial charge in [-0.05, 0) is 33.1 Å². The highest BCUT2D eigenvalue weighted by Crippen LogP contribution is 2.38. The largest absolute Gasteiger partial charge is 0.466 e. The molecule has 1 saturated heterocycles. The zero-order valence-electron chi connectivity index (χ0n) is 15.2. The molecule has 0 spiro atoms. The molecule has 2 heterocycles. The summed E-state index contributed by atoms with van der Waals surface area (Å²) in [4.78, 5) is 21.9. The molecule has 0 atom stereocenters. The molecule has 0 aromatic carbocycles. The Hall–Kier alpha value is -2.00. The molecule has 1 aromatic heterocycles. The molecule has 0 unspecified atom stereocenters. The number of anilines is 1. The Balaban J connectivity index is 2.02. The third-order valence-electron chi connectivity index (χ3n) is 4.57. The molecule has 0 amide bonds. The highest BCUT2D eigenvalue weighted by Gasteiger charge is 2.56. The minimum Gasteiger partial charge on any atom is -0.466 e. The standard InChI is InChI=1S/C17H22F5N3O2/c1-3-27-15(26)12-5-8-25(9-6-12)14-10-23-11(2)13(24-14)4-7-16(18,19)17(20,21)22/h10,12H,3-9H2,1-2H3. The van der Waals surface area contributed by atoms with Gasteiger partial charge in [0.2, 0.25) is 0 Å². The van der Waals surface area contributed by atoms with Crippen molar-refractivity contribution in [3.8, 4) is 0 Å². The van der Waals surface area contributed by atoms with Crippen molar-refractivity contribution in [2.45, 2.75) is 51.6 Å². The second kappa shape index (κ2) is 8.35. The van der Waals surface area contributed by atoms with Crippen LogP contribution < -0.4 is 4.90 Å². The van der Waals surface area contributed by atoms with Crippen molar-refractivity contribution in [2.75, 3.05) is 24.6 Å². The molecule has 1 fully saturated rings. The van der Waals surface area contributed by atoms with Gasteiger partial charge in [0.25, 0.3) is 0 Å². The molecule has 0 saturated carbocycles. The fourth-order valence-electron chi connectivity index (χ4n) is 2.89. The van der Waals surface area contributed by atoms with Crippen LogP contribution in [0.1, 0.15) is 37.6 Å². The second-order valence-corrected chi connectivity index (χ2v) is 6.48. The maximum atomic E-state index is 13.2. The number of esters is 1. The summed E-state index contributed by atoms with van der Waals surface area (Å²) in [7, 11) is 0. The van der Waals surface area contributed by atoms with Gasteiger partial charge in [-0.3, -0.25) is 9.78 Å². The zero-order valence-corrected chi connectivity index (χ0v) is 15.2. The molecule has 0 bridgehead atoms. The SMILES string of the molecule is CCOC(=O)C1CCN(c2cnc(C)c(CCC(F)(F)C(F)(F)F)n2)CC1. The lowest BCUT2D eigenvalue weighted by atomic mass is 9.97. The Kier molecular flexibility index (Phi) is 6.59. The molecule has 0 N–H and O–H groups in total. The highest BCUT2D eigenvalue weighted by molar-refractivity contribution is 5.72. The lowest BCUT2D eigenvalue weighted by Crippen LogP contribution is -2.38. The van der Waals surface area contributed by atoms with Crippen LogP contribution >= 0.6 is 0 Å². The Morgan fingerprint density at radius 2 is 1.89 bits per heavy atom. The average molecular weight is 395 g/mol. The molecule has 1 aliphatic heterocycles. The number of aromatic nitrogens is 2. The molecule has 5 nitrogen and oxygen atoms in total. The summed E-state index contributed by atoms with van der Waals surface area (Å²) in [5, 5.41) is 0. The molecule has 152 valence electrons. The number of piperidine rings is 1. The average Bonchev–Trinajstić information content (AvgIpc) is 2.60. The van der Waals surface area contributed by atoms with Crippen LogP contribution in [0.15, 0.2) is 6.20 Å². The topological polar surface area (TPSA) is 55.3 Å². The number of halogens is 5. The van der Waals surface area contributed by atoms with Crippen molar-refractivity contribution in [3.63, 3.8) is 0 Å². The summed E-state index contributed by atoms with van der Waals surface area (Å²) in [5.41, 5.74) is 0.432. The summed E-state index contributed by atoms with van der Waals surface area (Å²) in [6.07, 6.45) is -4.92. The molecule has 1 aliphatic rings. The number of rotatable bonds is 6.